The zero-order valence-corrected chi connectivity index (χ0v) is 16.2. The minimum Gasteiger partial charge on any atom is -0.378 e. The Morgan fingerprint density at radius 3 is 2.41 bits per heavy atom. The van der Waals surface area contributed by atoms with Crippen LogP contribution in [0.2, 0.25) is 0 Å². The summed E-state index contributed by atoms with van der Waals surface area (Å²) in [5.74, 6) is 0.413. The molecule has 0 aliphatic carbocycles. The zero-order chi connectivity index (χ0) is 20.1. The first-order chi connectivity index (χ1) is 14.2. The summed E-state index contributed by atoms with van der Waals surface area (Å²) in [7, 11) is 0. The summed E-state index contributed by atoms with van der Waals surface area (Å²) in [6.45, 7) is 5.65. The van der Waals surface area contributed by atoms with Crippen molar-refractivity contribution in [2.75, 3.05) is 67.6 Å². The van der Waals surface area contributed by atoms with Crippen LogP contribution in [0.1, 0.15) is 10.5 Å². The van der Waals surface area contributed by atoms with Crippen molar-refractivity contribution >= 4 is 29.5 Å². The molecule has 3 heterocycles. The first-order valence-electron chi connectivity index (χ1n) is 9.74. The third-order valence-electron chi connectivity index (χ3n) is 5.16. The molecule has 29 heavy (non-hydrogen) atoms. The molecule has 0 saturated carbocycles. The molecular formula is C20H24N6O3. The van der Waals surface area contributed by atoms with Gasteiger partial charge in [-0.1, -0.05) is 12.1 Å². The van der Waals surface area contributed by atoms with E-state index in [-0.39, 0.29) is 11.6 Å². The number of amides is 2. The maximum Gasteiger partial charge on any atom is 0.275 e. The standard InChI is InChI=1S/C20H24N6O3/c27-15-24-5-7-26(8-6-24)19-14-21-17(13-22-19)20(28)23-16-3-1-2-4-18(16)25-9-11-29-12-10-25/h1-4,13-15H,5-12H2,(H,23,28). The number of para-hydroxylation sites is 2. The van der Waals surface area contributed by atoms with Crippen molar-refractivity contribution in [1.29, 1.82) is 0 Å². The van der Waals surface area contributed by atoms with Crippen LogP contribution in [0.5, 0.6) is 0 Å². The SMILES string of the molecule is O=CN1CCN(c2cnc(C(=O)Nc3ccccc3N3CCOCC3)cn2)CC1. The molecule has 2 fully saturated rings. The maximum absolute atomic E-state index is 12.7. The lowest BCUT2D eigenvalue weighted by Gasteiger charge is -2.33. The number of hydrogen-bond donors (Lipinski definition) is 1. The second-order valence-electron chi connectivity index (χ2n) is 6.96. The number of rotatable bonds is 5. The van der Waals surface area contributed by atoms with Crippen LogP contribution >= 0.6 is 0 Å². The summed E-state index contributed by atoms with van der Waals surface area (Å²) in [6.07, 6.45) is 3.97. The van der Waals surface area contributed by atoms with E-state index in [2.05, 4.69) is 25.1 Å². The summed E-state index contributed by atoms with van der Waals surface area (Å²) >= 11 is 0. The van der Waals surface area contributed by atoms with Gasteiger partial charge in [-0.15, -0.1) is 0 Å². The van der Waals surface area contributed by atoms with E-state index in [1.54, 1.807) is 11.1 Å². The first kappa shape index (κ1) is 19.1. The normalized spacial score (nSPS) is 17.2. The fourth-order valence-corrected chi connectivity index (χ4v) is 3.50. The first-order valence-corrected chi connectivity index (χ1v) is 9.74. The molecule has 0 unspecified atom stereocenters. The number of nitrogens with one attached hydrogen (secondary N) is 1. The van der Waals surface area contributed by atoms with Crippen molar-refractivity contribution in [2.24, 2.45) is 0 Å². The smallest absolute Gasteiger partial charge is 0.275 e. The number of ether oxygens (including phenoxy) is 1. The summed E-state index contributed by atoms with van der Waals surface area (Å²) in [5.41, 5.74) is 1.98. The molecule has 2 aromatic rings. The van der Waals surface area contributed by atoms with E-state index in [0.29, 0.717) is 45.2 Å². The fourth-order valence-electron chi connectivity index (χ4n) is 3.50. The highest BCUT2D eigenvalue weighted by atomic mass is 16.5. The molecule has 152 valence electrons. The van der Waals surface area contributed by atoms with Crippen molar-refractivity contribution in [3.8, 4) is 0 Å². The number of hydrogen-bond acceptors (Lipinski definition) is 7. The zero-order valence-electron chi connectivity index (χ0n) is 16.2. The Morgan fingerprint density at radius 2 is 1.72 bits per heavy atom. The van der Waals surface area contributed by atoms with Gasteiger partial charge in [0.2, 0.25) is 6.41 Å². The molecule has 0 radical (unpaired) electrons. The lowest BCUT2D eigenvalue weighted by atomic mass is 10.2. The molecule has 2 amide bonds. The largest absolute Gasteiger partial charge is 0.378 e. The Morgan fingerprint density at radius 1 is 0.966 bits per heavy atom. The summed E-state index contributed by atoms with van der Waals surface area (Å²) in [5, 5.41) is 2.95. The van der Waals surface area contributed by atoms with Crippen molar-refractivity contribution in [3.63, 3.8) is 0 Å². The van der Waals surface area contributed by atoms with Crippen LogP contribution in [0, 0.1) is 0 Å². The molecular weight excluding hydrogens is 372 g/mol. The van der Waals surface area contributed by atoms with E-state index < -0.39 is 0 Å². The second kappa shape index (κ2) is 8.87. The van der Waals surface area contributed by atoms with Crippen molar-refractivity contribution < 1.29 is 14.3 Å². The number of anilines is 3. The molecule has 1 aromatic heterocycles. The van der Waals surface area contributed by atoms with E-state index in [4.69, 9.17) is 4.74 Å². The van der Waals surface area contributed by atoms with E-state index in [1.807, 2.05) is 24.3 Å². The van der Waals surface area contributed by atoms with Gasteiger partial charge < -0.3 is 24.8 Å². The molecule has 0 spiro atoms. The topological polar surface area (TPSA) is 90.9 Å². The van der Waals surface area contributed by atoms with Crippen LogP contribution in [0.15, 0.2) is 36.7 Å². The monoisotopic (exact) mass is 396 g/mol. The van der Waals surface area contributed by atoms with Gasteiger partial charge in [0.05, 0.1) is 37.0 Å². The number of benzene rings is 1. The Balaban J connectivity index is 1.42. The Kier molecular flexibility index (Phi) is 5.85. The fraction of sp³-hybridized carbons (Fsp3) is 0.400. The number of carbonyl (C=O) groups excluding carboxylic acids is 2. The van der Waals surface area contributed by atoms with E-state index in [0.717, 1.165) is 30.9 Å². The molecule has 4 rings (SSSR count). The Labute approximate surface area is 169 Å². The minimum absolute atomic E-state index is 0.261. The second-order valence-corrected chi connectivity index (χ2v) is 6.96. The molecule has 2 aliphatic rings. The average molecular weight is 396 g/mol. The summed E-state index contributed by atoms with van der Waals surface area (Å²) in [6, 6.07) is 7.73. The number of morpholine rings is 1. The predicted molar refractivity (Wildman–Crippen MR) is 109 cm³/mol. The van der Waals surface area contributed by atoms with Crippen molar-refractivity contribution in [3.05, 3.63) is 42.4 Å². The third-order valence-corrected chi connectivity index (χ3v) is 5.16. The predicted octanol–water partition coefficient (Wildman–Crippen LogP) is 0.844. The van der Waals surface area contributed by atoms with Gasteiger partial charge in [0.25, 0.3) is 5.91 Å². The highest BCUT2D eigenvalue weighted by Crippen LogP contribution is 2.26. The van der Waals surface area contributed by atoms with Crippen molar-refractivity contribution in [1.82, 2.24) is 14.9 Å². The third kappa shape index (κ3) is 4.45. The van der Waals surface area contributed by atoms with Crippen LogP contribution in [-0.4, -0.2) is 79.7 Å². The van der Waals surface area contributed by atoms with Crippen LogP contribution in [0.25, 0.3) is 0 Å². The molecule has 1 aromatic carbocycles. The maximum atomic E-state index is 12.7. The molecule has 0 atom stereocenters. The van der Waals surface area contributed by atoms with Gasteiger partial charge in [0, 0.05) is 39.3 Å². The van der Waals surface area contributed by atoms with Crippen LogP contribution in [0.4, 0.5) is 17.2 Å². The average Bonchev–Trinajstić information content (AvgIpc) is 2.80. The van der Waals surface area contributed by atoms with Crippen LogP contribution in [-0.2, 0) is 9.53 Å². The van der Waals surface area contributed by atoms with Gasteiger partial charge in [-0.25, -0.2) is 9.97 Å². The van der Waals surface area contributed by atoms with Gasteiger partial charge in [0.1, 0.15) is 11.5 Å². The molecule has 1 N–H and O–H groups in total. The molecule has 2 saturated heterocycles. The van der Waals surface area contributed by atoms with Gasteiger partial charge >= 0.3 is 0 Å². The van der Waals surface area contributed by atoms with E-state index >= 15 is 0 Å². The van der Waals surface area contributed by atoms with Crippen LogP contribution < -0.4 is 15.1 Å². The molecule has 9 heteroatoms. The quantitative estimate of drug-likeness (QED) is 0.749. The summed E-state index contributed by atoms with van der Waals surface area (Å²) < 4.78 is 5.41. The molecule has 0 bridgehead atoms. The number of nitrogens with zero attached hydrogens (tertiary/aromatic N) is 5. The van der Waals surface area contributed by atoms with Crippen LogP contribution in [0.3, 0.4) is 0 Å². The highest BCUT2D eigenvalue weighted by Gasteiger charge is 2.19. The van der Waals surface area contributed by atoms with Gasteiger partial charge in [-0.05, 0) is 12.1 Å². The van der Waals surface area contributed by atoms with Gasteiger partial charge in [-0.3, -0.25) is 9.59 Å². The van der Waals surface area contributed by atoms with Crippen molar-refractivity contribution in [2.45, 2.75) is 0 Å². The Hall–Kier alpha value is -3.20. The number of carbonyl (C=O) groups is 2. The lowest BCUT2D eigenvalue weighted by Crippen LogP contribution is -2.46. The molecule has 9 nitrogen and oxygen atoms in total. The number of aromatic nitrogens is 2. The van der Waals surface area contributed by atoms with Gasteiger partial charge in [0.15, 0.2) is 0 Å². The highest BCUT2D eigenvalue weighted by molar-refractivity contribution is 6.04. The van der Waals surface area contributed by atoms with E-state index in [1.165, 1.54) is 6.20 Å². The molecule has 2 aliphatic heterocycles. The number of piperazine rings is 1. The summed E-state index contributed by atoms with van der Waals surface area (Å²) in [4.78, 5) is 38.2. The van der Waals surface area contributed by atoms with E-state index in [9.17, 15) is 9.59 Å². The lowest BCUT2D eigenvalue weighted by molar-refractivity contribution is -0.118. The minimum atomic E-state index is -0.296. The van der Waals surface area contributed by atoms with Gasteiger partial charge in [-0.2, -0.15) is 0 Å². The Bertz CT molecular complexity index is 846.